The van der Waals surface area contributed by atoms with Crippen molar-refractivity contribution in [2.24, 2.45) is 0 Å². The van der Waals surface area contributed by atoms with Crippen molar-refractivity contribution in [2.75, 3.05) is 27.2 Å². The van der Waals surface area contributed by atoms with E-state index in [1.807, 2.05) is 0 Å². The van der Waals surface area contributed by atoms with Gasteiger partial charge in [-0.25, -0.2) is 9.59 Å². The van der Waals surface area contributed by atoms with Gasteiger partial charge in [0.1, 0.15) is 0 Å². The van der Waals surface area contributed by atoms with Crippen molar-refractivity contribution in [1.82, 2.24) is 15.5 Å². The molecule has 0 atom stereocenters. The van der Waals surface area contributed by atoms with Crippen molar-refractivity contribution >= 4 is 12.1 Å². The molecule has 1 saturated heterocycles. The molecule has 0 bridgehead atoms. The molecule has 0 unspecified atom stereocenters. The van der Waals surface area contributed by atoms with Gasteiger partial charge in [0.15, 0.2) is 0 Å². The summed E-state index contributed by atoms with van der Waals surface area (Å²) in [5.74, 6) is 0. The Balaban J connectivity index is 2.18. The number of ether oxygens (including phenoxy) is 1. The number of urea groups is 1. The van der Waals surface area contributed by atoms with Crippen molar-refractivity contribution < 1.29 is 14.3 Å². The smallest absolute Gasteiger partial charge is 0.407 e. The van der Waals surface area contributed by atoms with Crippen molar-refractivity contribution in [1.29, 1.82) is 0 Å². The van der Waals surface area contributed by atoms with Crippen molar-refractivity contribution in [2.45, 2.75) is 6.04 Å². The summed E-state index contributed by atoms with van der Waals surface area (Å²) in [4.78, 5) is 23.3. The Labute approximate surface area is 76.2 Å². The standard InChI is InChI=1S/C7H13N3O3/c1-8-6(11)10-3-5(4-10)9-7(12)13-2/h5H,3-4H2,1-2H3,(H,8,11)(H,9,12). The van der Waals surface area contributed by atoms with Crippen molar-refractivity contribution in [3.05, 3.63) is 0 Å². The number of carbonyl (C=O) groups is 2. The van der Waals surface area contributed by atoms with Crippen LogP contribution in [0.1, 0.15) is 0 Å². The van der Waals surface area contributed by atoms with Crippen LogP contribution in [0.2, 0.25) is 0 Å². The Bertz CT molecular complexity index is 213. The summed E-state index contributed by atoms with van der Waals surface area (Å²) in [7, 11) is 2.88. The van der Waals surface area contributed by atoms with Gasteiger partial charge in [-0.2, -0.15) is 0 Å². The second-order valence-electron chi connectivity index (χ2n) is 2.79. The number of nitrogens with one attached hydrogen (secondary N) is 2. The fourth-order valence-corrected chi connectivity index (χ4v) is 1.12. The molecule has 0 aromatic heterocycles. The van der Waals surface area contributed by atoms with E-state index in [0.717, 1.165) is 0 Å². The average Bonchev–Trinajstić information content (AvgIpc) is 2.08. The van der Waals surface area contributed by atoms with Gasteiger partial charge in [-0.05, 0) is 0 Å². The van der Waals surface area contributed by atoms with E-state index in [4.69, 9.17) is 0 Å². The predicted molar refractivity (Wildman–Crippen MR) is 45.4 cm³/mol. The fourth-order valence-electron chi connectivity index (χ4n) is 1.12. The second kappa shape index (κ2) is 3.97. The van der Waals surface area contributed by atoms with Crippen LogP contribution in [0.4, 0.5) is 9.59 Å². The van der Waals surface area contributed by atoms with Gasteiger partial charge in [0.05, 0.1) is 13.2 Å². The van der Waals surface area contributed by atoms with E-state index in [0.29, 0.717) is 13.1 Å². The summed E-state index contributed by atoms with van der Waals surface area (Å²) in [5, 5.41) is 5.09. The largest absolute Gasteiger partial charge is 0.453 e. The molecular formula is C7H13N3O3. The number of methoxy groups -OCH3 is 1. The summed E-state index contributed by atoms with van der Waals surface area (Å²) < 4.78 is 4.41. The van der Waals surface area contributed by atoms with E-state index in [2.05, 4.69) is 15.4 Å². The molecule has 74 valence electrons. The molecule has 3 amide bonds. The molecule has 0 saturated carbocycles. The fraction of sp³-hybridized carbons (Fsp3) is 0.714. The molecule has 6 heteroatoms. The maximum atomic E-state index is 11.0. The first-order valence-corrected chi connectivity index (χ1v) is 3.98. The summed E-state index contributed by atoms with van der Waals surface area (Å²) in [6.45, 7) is 1.07. The van der Waals surface area contributed by atoms with Gasteiger partial charge in [-0.15, -0.1) is 0 Å². The molecule has 0 aromatic rings. The van der Waals surface area contributed by atoms with Crippen LogP contribution in [-0.2, 0) is 4.74 Å². The monoisotopic (exact) mass is 187 g/mol. The number of hydrogen-bond acceptors (Lipinski definition) is 3. The Morgan fingerprint density at radius 3 is 2.54 bits per heavy atom. The maximum absolute atomic E-state index is 11.0. The van der Waals surface area contributed by atoms with Crippen LogP contribution in [0.15, 0.2) is 0 Å². The lowest BCUT2D eigenvalue weighted by atomic mass is 10.1. The van der Waals surface area contributed by atoms with E-state index in [9.17, 15) is 9.59 Å². The minimum Gasteiger partial charge on any atom is -0.453 e. The van der Waals surface area contributed by atoms with Crippen LogP contribution >= 0.6 is 0 Å². The van der Waals surface area contributed by atoms with Crippen LogP contribution in [0, 0.1) is 0 Å². The predicted octanol–water partition coefficient (Wildman–Crippen LogP) is -0.634. The quantitative estimate of drug-likeness (QED) is 0.574. The molecule has 1 rings (SSSR count). The molecule has 13 heavy (non-hydrogen) atoms. The zero-order valence-corrected chi connectivity index (χ0v) is 7.66. The van der Waals surface area contributed by atoms with E-state index < -0.39 is 6.09 Å². The van der Waals surface area contributed by atoms with E-state index in [1.54, 1.807) is 11.9 Å². The molecule has 0 spiro atoms. The number of carbonyl (C=O) groups excluding carboxylic acids is 2. The third-order valence-corrected chi connectivity index (χ3v) is 1.89. The molecule has 1 heterocycles. The zero-order chi connectivity index (χ0) is 9.84. The van der Waals surface area contributed by atoms with Crippen molar-refractivity contribution in [3.63, 3.8) is 0 Å². The molecule has 0 aliphatic carbocycles. The second-order valence-corrected chi connectivity index (χ2v) is 2.79. The number of rotatable bonds is 1. The minimum absolute atomic E-state index is 0.0183. The highest BCUT2D eigenvalue weighted by molar-refractivity contribution is 5.75. The minimum atomic E-state index is -0.457. The van der Waals surface area contributed by atoms with Gasteiger partial charge in [0, 0.05) is 20.1 Å². The average molecular weight is 187 g/mol. The third-order valence-electron chi connectivity index (χ3n) is 1.89. The van der Waals surface area contributed by atoms with Crippen LogP contribution < -0.4 is 10.6 Å². The Kier molecular flexibility index (Phi) is 2.94. The molecule has 2 N–H and O–H groups in total. The molecular weight excluding hydrogens is 174 g/mol. The van der Waals surface area contributed by atoms with Gasteiger partial charge >= 0.3 is 12.1 Å². The SMILES string of the molecule is CNC(=O)N1CC(NC(=O)OC)C1. The number of alkyl carbamates (subject to hydrolysis) is 1. The van der Waals surface area contributed by atoms with E-state index in [1.165, 1.54) is 7.11 Å². The topological polar surface area (TPSA) is 70.7 Å². The van der Waals surface area contributed by atoms with Crippen LogP contribution in [0.3, 0.4) is 0 Å². The van der Waals surface area contributed by atoms with E-state index in [-0.39, 0.29) is 12.1 Å². The lowest BCUT2D eigenvalue weighted by Crippen LogP contribution is -2.62. The summed E-state index contributed by atoms with van der Waals surface area (Å²) in [6.07, 6.45) is -0.457. The Morgan fingerprint density at radius 2 is 2.08 bits per heavy atom. The molecule has 0 radical (unpaired) electrons. The number of likely N-dealkylation sites (tertiary alicyclic amines) is 1. The molecule has 1 aliphatic rings. The van der Waals surface area contributed by atoms with Crippen molar-refractivity contribution in [3.8, 4) is 0 Å². The number of hydrogen-bond donors (Lipinski definition) is 2. The lowest BCUT2D eigenvalue weighted by molar-refractivity contribution is 0.123. The maximum Gasteiger partial charge on any atom is 0.407 e. The van der Waals surface area contributed by atoms with Gasteiger partial charge in [0.25, 0.3) is 0 Å². The summed E-state index contributed by atoms with van der Waals surface area (Å²) in [6, 6.07) is -0.104. The molecule has 1 aliphatic heterocycles. The highest BCUT2D eigenvalue weighted by Gasteiger charge is 2.31. The van der Waals surface area contributed by atoms with Gasteiger partial charge < -0.3 is 20.3 Å². The molecule has 0 aromatic carbocycles. The van der Waals surface area contributed by atoms with Crippen LogP contribution in [-0.4, -0.2) is 50.3 Å². The Hall–Kier alpha value is -1.46. The van der Waals surface area contributed by atoms with Gasteiger partial charge in [-0.3, -0.25) is 0 Å². The highest BCUT2D eigenvalue weighted by Crippen LogP contribution is 2.07. The van der Waals surface area contributed by atoms with Crippen LogP contribution in [0.5, 0.6) is 0 Å². The van der Waals surface area contributed by atoms with E-state index >= 15 is 0 Å². The van der Waals surface area contributed by atoms with Crippen LogP contribution in [0.25, 0.3) is 0 Å². The third kappa shape index (κ3) is 2.24. The highest BCUT2D eigenvalue weighted by atomic mass is 16.5. The summed E-state index contributed by atoms with van der Waals surface area (Å²) in [5.41, 5.74) is 0. The van der Waals surface area contributed by atoms with Gasteiger partial charge in [-0.1, -0.05) is 0 Å². The first kappa shape index (κ1) is 9.63. The zero-order valence-electron chi connectivity index (χ0n) is 7.66. The van der Waals surface area contributed by atoms with Gasteiger partial charge in [0.2, 0.25) is 0 Å². The lowest BCUT2D eigenvalue weighted by Gasteiger charge is -2.38. The molecule has 1 fully saturated rings. The molecule has 6 nitrogen and oxygen atoms in total. The first-order valence-electron chi connectivity index (χ1n) is 3.98. The first-order chi connectivity index (χ1) is 6.17. The summed E-state index contributed by atoms with van der Waals surface area (Å²) >= 11 is 0. The number of amides is 3. The normalized spacial score (nSPS) is 16.0. The Morgan fingerprint density at radius 1 is 1.46 bits per heavy atom. The number of nitrogens with zero attached hydrogens (tertiary/aromatic N) is 1.